The number of amides is 2. The van der Waals surface area contributed by atoms with Gasteiger partial charge in [-0.2, -0.15) is 5.10 Å². The summed E-state index contributed by atoms with van der Waals surface area (Å²) in [7, 11) is 3.01. The number of nitrogens with one attached hydrogen (secondary N) is 2. The van der Waals surface area contributed by atoms with E-state index in [-0.39, 0.29) is 5.56 Å². The first kappa shape index (κ1) is 22.0. The summed E-state index contributed by atoms with van der Waals surface area (Å²) in [5.41, 5.74) is 4.30. The van der Waals surface area contributed by atoms with Gasteiger partial charge in [0.25, 0.3) is 11.8 Å². The van der Waals surface area contributed by atoms with Crippen molar-refractivity contribution in [3.8, 4) is 11.5 Å². The molecule has 0 heterocycles. The smallest absolute Gasteiger partial charge is 0.273 e. The summed E-state index contributed by atoms with van der Waals surface area (Å²) in [5.74, 6) is 0.105. The number of halogens is 1. The summed E-state index contributed by atoms with van der Waals surface area (Å²) in [5, 5.41) is 6.76. The zero-order valence-corrected chi connectivity index (χ0v) is 18.5. The van der Waals surface area contributed by atoms with Crippen molar-refractivity contribution in [2.45, 2.75) is 0 Å². The lowest BCUT2D eigenvalue weighted by Gasteiger charge is -2.12. The Morgan fingerprint density at radius 1 is 0.903 bits per heavy atom. The van der Waals surface area contributed by atoms with E-state index in [1.165, 1.54) is 20.4 Å². The molecule has 0 saturated heterocycles. The molecule has 0 bridgehead atoms. The molecule has 0 saturated carbocycles. The third-order valence-corrected chi connectivity index (χ3v) is 5.06. The first-order chi connectivity index (χ1) is 15.0. The fraction of sp³-hybridized carbons (Fsp3) is 0.0870. The highest BCUT2D eigenvalue weighted by atomic mass is 79.9. The Bertz CT molecular complexity index is 1130. The minimum absolute atomic E-state index is 0.278. The molecule has 0 radical (unpaired) electrons. The standard InChI is InChI=1S/C23H20BrN3O4/c1-30-20-12-11-15(13-21(20)31-2)22(28)26-19-10-6-4-8-17(19)23(29)27-25-14-16-7-3-5-9-18(16)24/h3-14H,1-2H3,(H,26,28)(H,27,29). The van der Waals surface area contributed by atoms with Crippen molar-refractivity contribution < 1.29 is 19.1 Å². The number of ether oxygens (including phenoxy) is 2. The van der Waals surface area contributed by atoms with Gasteiger partial charge in [-0.25, -0.2) is 5.43 Å². The Labute approximate surface area is 188 Å². The van der Waals surface area contributed by atoms with Crippen molar-refractivity contribution in [3.05, 3.63) is 87.9 Å². The van der Waals surface area contributed by atoms with Gasteiger partial charge in [-0.1, -0.05) is 46.3 Å². The van der Waals surface area contributed by atoms with Crippen LogP contribution >= 0.6 is 15.9 Å². The quantitative estimate of drug-likeness (QED) is 0.384. The lowest BCUT2D eigenvalue weighted by Crippen LogP contribution is -2.21. The molecule has 0 fully saturated rings. The SMILES string of the molecule is COc1ccc(C(=O)Nc2ccccc2C(=O)NN=Cc2ccccc2Br)cc1OC. The number of anilines is 1. The number of hydrogen-bond donors (Lipinski definition) is 2. The predicted octanol–water partition coefficient (Wildman–Crippen LogP) is 4.48. The first-order valence-corrected chi connectivity index (χ1v) is 10.0. The maximum Gasteiger partial charge on any atom is 0.273 e. The monoisotopic (exact) mass is 481 g/mol. The molecule has 3 aromatic rings. The van der Waals surface area contributed by atoms with Crippen molar-refractivity contribution in [2.24, 2.45) is 5.10 Å². The molecule has 0 spiro atoms. The molecular weight excluding hydrogens is 462 g/mol. The number of nitrogens with zero attached hydrogens (tertiary/aromatic N) is 1. The van der Waals surface area contributed by atoms with Gasteiger partial charge in [0.2, 0.25) is 0 Å². The van der Waals surface area contributed by atoms with Crippen LogP contribution in [0.4, 0.5) is 5.69 Å². The molecule has 0 aliphatic carbocycles. The van der Waals surface area contributed by atoms with Crippen LogP contribution in [0.1, 0.15) is 26.3 Å². The number of carbonyl (C=O) groups excluding carboxylic acids is 2. The molecular formula is C23H20BrN3O4. The molecule has 0 aliphatic rings. The van der Waals surface area contributed by atoms with E-state index >= 15 is 0 Å². The molecule has 158 valence electrons. The molecule has 8 heteroatoms. The topological polar surface area (TPSA) is 89.0 Å². The molecule has 2 N–H and O–H groups in total. The van der Waals surface area contributed by atoms with Gasteiger partial charge in [-0.15, -0.1) is 0 Å². The van der Waals surface area contributed by atoms with E-state index in [4.69, 9.17) is 9.47 Å². The van der Waals surface area contributed by atoms with Gasteiger partial charge in [0.15, 0.2) is 11.5 Å². The van der Waals surface area contributed by atoms with E-state index < -0.39 is 11.8 Å². The summed E-state index contributed by atoms with van der Waals surface area (Å²) in [6.45, 7) is 0. The normalized spacial score (nSPS) is 10.5. The van der Waals surface area contributed by atoms with E-state index in [0.29, 0.717) is 22.7 Å². The third kappa shape index (κ3) is 5.49. The average Bonchev–Trinajstić information content (AvgIpc) is 2.80. The summed E-state index contributed by atoms with van der Waals surface area (Å²) >= 11 is 3.42. The summed E-state index contributed by atoms with van der Waals surface area (Å²) < 4.78 is 11.3. The van der Waals surface area contributed by atoms with Gasteiger partial charge in [-0.3, -0.25) is 9.59 Å². The van der Waals surface area contributed by atoms with E-state index in [9.17, 15) is 9.59 Å². The van der Waals surface area contributed by atoms with Crippen LogP contribution in [0, 0.1) is 0 Å². The second-order valence-corrected chi connectivity index (χ2v) is 7.14. The first-order valence-electron chi connectivity index (χ1n) is 9.24. The Hall–Kier alpha value is -3.65. The lowest BCUT2D eigenvalue weighted by molar-refractivity contribution is 0.0956. The highest BCUT2D eigenvalue weighted by molar-refractivity contribution is 9.10. The number of hydrazone groups is 1. The lowest BCUT2D eigenvalue weighted by atomic mass is 10.1. The van der Waals surface area contributed by atoms with Crippen LogP contribution in [-0.4, -0.2) is 32.2 Å². The second kappa shape index (κ2) is 10.4. The van der Waals surface area contributed by atoms with Gasteiger partial charge in [-0.05, 0) is 36.4 Å². The predicted molar refractivity (Wildman–Crippen MR) is 123 cm³/mol. The number of hydrogen-bond acceptors (Lipinski definition) is 5. The Balaban J connectivity index is 1.75. The van der Waals surface area contributed by atoms with Gasteiger partial charge in [0, 0.05) is 15.6 Å². The van der Waals surface area contributed by atoms with Crippen molar-refractivity contribution >= 4 is 39.6 Å². The van der Waals surface area contributed by atoms with Crippen LogP contribution in [0.15, 0.2) is 76.3 Å². The minimum atomic E-state index is -0.452. The van der Waals surface area contributed by atoms with E-state index in [2.05, 4.69) is 31.8 Å². The third-order valence-electron chi connectivity index (χ3n) is 4.34. The van der Waals surface area contributed by atoms with Gasteiger partial charge >= 0.3 is 0 Å². The van der Waals surface area contributed by atoms with Crippen molar-refractivity contribution in [1.29, 1.82) is 0 Å². The average molecular weight is 482 g/mol. The van der Waals surface area contributed by atoms with Crippen LogP contribution in [0.3, 0.4) is 0 Å². The maximum atomic E-state index is 12.7. The highest BCUT2D eigenvalue weighted by Gasteiger charge is 2.15. The summed E-state index contributed by atoms with van der Waals surface area (Å²) in [6.07, 6.45) is 1.53. The number of para-hydroxylation sites is 1. The number of carbonyl (C=O) groups is 2. The van der Waals surface area contributed by atoms with Gasteiger partial charge < -0.3 is 14.8 Å². The Morgan fingerprint density at radius 3 is 2.35 bits per heavy atom. The zero-order chi connectivity index (χ0) is 22.2. The molecule has 0 aromatic heterocycles. The van der Waals surface area contributed by atoms with Crippen molar-refractivity contribution in [3.63, 3.8) is 0 Å². The largest absolute Gasteiger partial charge is 0.493 e. The summed E-state index contributed by atoms with van der Waals surface area (Å²) in [6, 6.07) is 19.0. The van der Waals surface area contributed by atoms with Gasteiger partial charge in [0.1, 0.15) is 0 Å². The fourth-order valence-electron chi connectivity index (χ4n) is 2.76. The maximum absolute atomic E-state index is 12.7. The molecule has 0 atom stereocenters. The number of rotatable bonds is 7. The van der Waals surface area contributed by atoms with Crippen molar-refractivity contribution in [1.82, 2.24) is 5.43 Å². The van der Waals surface area contributed by atoms with Crippen molar-refractivity contribution in [2.75, 3.05) is 19.5 Å². The van der Waals surface area contributed by atoms with Crippen LogP contribution in [0.25, 0.3) is 0 Å². The molecule has 0 unspecified atom stereocenters. The highest BCUT2D eigenvalue weighted by Crippen LogP contribution is 2.28. The fourth-order valence-corrected chi connectivity index (χ4v) is 3.15. The van der Waals surface area contributed by atoms with Gasteiger partial charge in [0.05, 0.1) is 31.7 Å². The molecule has 3 aromatic carbocycles. The number of methoxy groups -OCH3 is 2. The Morgan fingerprint density at radius 2 is 1.61 bits per heavy atom. The van der Waals surface area contributed by atoms with E-state index in [1.54, 1.807) is 42.5 Å². The molecule has 0 aliphatic heterocycles. The molecule has 7 nitrogen and oxygen atoms in total. The summed E-state index contributed by atoms with van der Waals surface area (Å²) in [4.78, 5) is 25.3. The van der Waals surface area contributed by atoms with E-state index in [1.807, 2.05) is 24.3 Å². The minimum Gasteiger partial charge on any atom is -0.493 e. The second-order valence-electron chi connectivity index (χ2n) is 6.29. The Kier molecular flexibility index (Phi) is 7.40. The molecule has 31 heavy (non-hydrogen) atoms. The molecule has 3 rings (SSSR count). The van der Waals surface area contributed by atoms with Crippen LogP contribution in [0.2, 0.25) is 0 Å². The molecule has 2 amide bonds. The van der Waals surface area contributed by atoms with Crippen LogP contribution in [0.5, 0.6) is 11.5 Å². The van der Waals surface area contributed by atoms with E-state index in [0.717, 1.165) is 10.0 Å². The van der Waals surface area contributed by atoms with Crippen LogP contribution < -0.4 is 20.2 Å². The van der Waals surface area contributed by atoms with Crippen LogP contribution in [-0.2, 0) is 0 Å². The zero-order valence-electron chi connectivity index (χ0n) is 16.9. The number of benzene rings is 3.